The van der Waals surface area contributed by atoms with Gasteiger partial charge in [0, 0.05) is 4.90 Å². The van der Waals surface area contributed by atoms with Crippen LogP contribution in [0.5, 0.6) is 0 Å². The van der Waals surface area contributed by atoms with E-state index in [2.05, 4.69) is 0 Å². The topological polar surface area (TPSA) is 57.2 Å². The van der Waals surface area contributed by atoms with Crippen LogP contribution in [0.1, 0.15) is 16.7 Å². The van der Waals surface area contributed by atoms with Crippen molar-refractivity contribution in [2.75, 3.05) is 6.61 Å². The van der Waals surface area contributed by atoms with Gasteiger partial charge in [-0.3, -0.25) is 0 Å². The summed E-state index contributed by atoms with van der Waals surface area (Å²) in [6.45, 7) is 1.50. The quantitative estimate of drug-likeness (QED) is 0.228. The first-order valence-electron chi connectivity index (χ1n) is 13.2. The minimum atomic E-state index is -1.06. The van der Waals surface area contributed by atoms with Crippen LogP contribution in [0, 0.1) is 0 Å². The van der Waals surface area contributed by atoms with Crippen molar-refractivity contribution < 1.29 is 24.1 Å². The smallest absolute Gasteiger partial charge is 0.170 e. The SMILES string of the molecule is O[C@H]1O[C@H](COCc2ccccc2)[C@H](OCc2ccccc2)[C@H](OCc2ccccc2)[C@H]1Sc1ccccc1. The van der Waals surface area contributed by atoms with Crippen LogP contribution in [0.2, 0.25) is 0 Å². The first kappa shape index (κ1) is 27.6. The Labute approximate surface area is 234 Å². The van der Waals surface area contributed by atoms with E-state index < -0.39 is 29.9 Å². The largest absolute Gasteiger partial charge is 0.374 e. The summed E-state index contributed by atoms with van der Waals surface area (Å²) in [7, 11) is 0. The Morgan fingerprint density at radius 3 is 1.59 bits per heavy atom. The Balaban J connectivity index is 1.38. The van der Waals surface area contributed by atoms with Crippen LogP contribution in [0.25, 0.3) is 0 Å². The Kier molecular flexibility index (Phi) is 10.2. The molecule has 0 amide bonds. The van der Waals surface area contributed by atoms with E-state index in [1.807, 2.05) is 121 Å². The molecular formula is C33H34O5S. The van der Waals surface area contributed by atoms with Gasteiger partial charge in [-0.25, -0.2) is 0 Å². The standard InChI is InChI=1S/C33H34O5S/c34-33-32(39-28-19-11-4-12-20-28)31(37-23-27-17-9-3-10-18-27)30(36-22-26-15-7-2-8-16-26)29(38-33)24-35-21-25-13-5-1-6-14-25/h1-20,29-34H,21-24H2/t29-,30+,31+,32-,33+/m1/s1. The van der Waals surface area contributed by atoms with Gasteiger partial charge in [0.05, 0.1) is 31.7 Å². The van der Waals surface area contributed by atoms with Gasteiger partial charge in [0.2, 0.25) is 0 Å². The number of rotatable bonds is 12. The Morgan fingerprint density at radius 1 is 0.590 bits per heavy atom. The molecule has 5 rings (SSSR count). The summed E-state index contributed by atoms with van der Waals surface area (Å²) in [6, 6.07) is 40.1. The van der Waals surface area contributed by atoms with E-state index in [0.29, 0.717) is 19.8 Å². The van der Waals surface area contributed by atoms with E-state index in [9.17, 15) is 5.11 Å². The van der Waals surface area contributed by atoms with E-state index in [1.165, 1.54) is 0 Å². The molecule has 4 aromatic rings. The second kappa shape index (κ2) is 14.4. The lowest BCUT2D eigenvalue weighted by atomic mass is 10.00. The molecule has 1 N–H and O–H groups in total. The molecule has 6 heteroatoms. The summed E-state index contributed by atoms with van der Waals surface area (Å²) < 4.78 is 25.4. The zero-order chi connectivity index (χ0) is 26.7. The summed E-state index contributed by atoms with van der Waals surface area (Å²) in [5.74, 6) is 0. The lowest BCUT2D eigenvalue weighted by Gasteiger charge is -2.44. The normalized spacial score (nSPS) is 22.9. The monoisotopic (exact) mass is 542 g/mol. The minimum absolute atomic E-state index is 0.263. The Hall–Kier alpha value is -2.97. The van der Waals surface area contributed by atoms with Gasteiger partial charge in [-0.15, -0.1) is 11.8 Å². The molecule has 1 aliphatic rings. The highest BCUT2D eigenvalue weighted by Crippen LogP contribution is 2.37. The molecule has 1 fully saturated rings. The van der Waals surface area contributed by atoms with E-state index in [-0.39, 0.29) is 6.61 Å². The molecule has 0 aliphatic carbocycles. The molecule has 1 saturated heterocycles. The number of aliphatic hydroxyl groups excluding tert-OH is 1. The van der Waals surface area contributed by atoms with Crippen molar-refractivity contribution in [1.29, 1.82) is 0 Å². The molecule has 1 aliphatic heterocycles. The Morgan fingerprint density at radius 2 is 1.05 bits per heavy atom. The van der Waals surface area contributed by atoms with Crippen LogP contribution in [-0.2, 0) is 38.8 Å². The van der Waals surface area contributed by atoms with E-state index in [0.717, 1.165) is 21.6 Å². The van der Waals surface area contributed by atoms with Gasteiger partial charge in [0.25, 0.3) is 0 Å². The van der Waals surface area contributed by atoms with Gasteiger partial charge >= 0.3 is 0 Å². The predicted molar refractivity (Wildman–Crippen MR) is 153 cm³/mol. The van der Waals surface area contributed by atoms with Crippen molar-refractivity contribution in [2.24, 2.45) is 0 Å². The molecule has 4 aromatic carbocycles. The third kappa shape index (κ3) is 8.02. The van der Waals surface area contributed by atoms with Crippen LogP contribution >= 0.6 is 11.8 Å². The fourth-order valence-corrected chi connectivity index (χ4v) is 5.78. The summed E-state index contributed by atoms with van der Waals surface area (Å²) in [4.78, 5) is 1.03. The van der Waals surface area contributed by atoms with Gasteiger partial charge in [0.1, 0.15) is 18.3 Å². The third-order valence-corrected chi connectivity index (χ3v) is 7.91. The first-order valence-corrected chi connectivity index (χ1v) is 14.1. The maximum absolute atomic E-state index is 11.3. The third-order valence-electron chi connectivity index (χ3n) is 6.59. The van der Waals surface area contributed by atoms with Crippen molar-refractivity contribution >= 4 is 11.8 Å². The summed E-state index contributed by atoms with van der Waals surface area (Å²) in [5, 5.41) is 10.9. The van der Waals surface area contributed by atoms with Gasteiger partial charge in [0.15, 0.2) is 6.29 Å². The van der Waals surface area contributed by atoms with Crippen molar-refractivity contribution in [3.63, 3.8) is 0 Å². The van der Waals surface area contributed by atoms with Crippen molar-refractivity contribution in [2.45, 2.75) is 54.6 Å². The number of thioether (sulfide) groups is 1. The zero-order valence-corrected chi connectivity index (χ0v) is 22.6. The second-order valence-electron chi connectivity index (χ2n) is 9.48. The zero-order valence-electron chi connectivity index (χ0n) is 21.8. The van der Waals surface area contributed by atoms with Gasteiger partial charge in [-0.1, -0.05) is 109 Å². The average molecular weight is 543 g/mol. The molecule has 5 atom stereocenters. The molecule has 5 nitrogen and oxygen atoms in total. The van der Waals surface area contributed by atoms with Crippen LogP contribution in [0.3, 0.4) is 0 Å². The molecule has 0 unspecified atom stereocenters. The molecule has 0 spiro atoms. The number of aliphatic hydroxyl groups is 1. The molecule has 1 heterocycles. The average Bonchev–Trinajstić information content (AvgIpc) is 2.99. The summed E-state index contributed by atoms with van der Waals surface area (Å²) in [5.41, 5.74) is 3.19. The van der Waals surface area contributed by atoms with Crippen molar-refractivity contribution in [3.8, 4) is 0 Å². The van der Waals surface area contributed by atoms with E-state index >= 15 is 0 Å². The van der Waals surface area contributed by atoms with E-state index in [1.54, 1.807) is 11.8 Å². The highest BCUT2D eigenvalue weighted by atomic mass is 32.2. The molecular weight excluding hydrogens is 508 g/mol. The molecule has 39 heavy (non-hydrogen) atoms. The number of hydrogen-bond donors (Lipinski definition) is 1. The maximum Gasteiger partial charge on any atom is 0.170 e. The number of ether oxygens (including phenoxy) is 4. The van der Waals surface area contributed by atoms with Gasteiger partial charge < -0.3 is 24.1 Å². The van der Waals surface area contributed by atoms with E-state index in [4.69, 9.17) is 18.9 Å². The van der Waals surface area contributed by atoms with Crippen LogP contribution < -0.4 is 0 Å². The molecule has 0 radical (unpaired) electrons. The lowest BCUT2D eigenvalue weighted by molar-refractivity contribution is -0.261. The highest BCUT2D eigenvalue weighted by Gasteiger charge is 2.47. The van der Waals surface area contributed by atoms with Crippen molar-refractivity contribution in [3.05, 3.63) is 138 Å². The summed E-state index contributed by atoms with van der Waals surface area (Å²) >= 11 is 1.54. The number of benzene rings is 4. The Bertz CT molecular complexity index is 1230. The summed E-state index contributed by atoms with van der Waals surface area (Å²) in [6.07, 6.45) is -2.48. The second-order valence-corrected chi connectivity index (χ2v) is 10.7. The predicted octanol–water partition coefficient (Wildman–Crippen LogP) is 6.25. The molecule has 0 aromatic heterocycles. The van der Waals surface area contributed by atoms with Crippen molar-refractivity contribution in [1.82, 2.24) is 0 Å². The fourth-order valence-electron chi connectivity index (χ4n) is 4.60. The fraction of sp³-hybridized carbons (Fsp3) is 0.273. The van der Waals surface area contributed by atoms with Gasteiger partial charge in [-0.05, 0) is 28.8 Å². The van der Waals surface area contributed by atoms with Crippen LogP contribution in [0.15, 0.2) is 126 Å². The van der Waals surface area contributed by atoms with Crippen LogP contribution in [0.4, 0.5) is 0 Å². The number of hydrogen-bond acceptors (Lipinski definition) is 6. The molecule has 0 saturated carbocycles. The molecule has 0 bridgehead atoms. The van der Waals surface area contributed by atoms with Gasteiger partial charge in [-0.2, -0.15) is 0 Å². The maximum atomic E-state index is 11.3. The first-order chi connectivity index (χ1) is 19.3. The molecule has 202 valence electrons. The highest BCUT2D eigenvalue weighted by molar-refractivity contribution is 8.00. The lowest BCUT2D eigenvalue weighted by Crippen LogP contribution is -2.59. The van der Waals surface area contributed by atoms with Crippen LogP contribution in [-0.4, -0.2) is 41.6 Å². The minimum Gasteiger partial charge on any atom is -0.374 e.